The van der Waals surface area contributed by atoms with Crippen LogP contribution in [0, 0.1) is 17.8 Å². The Balaban J connectivity index is 1.24. The van der Waals surface area contributed by atoms with Gasteiger partial charge in [-0.15, -0.1) is 0 Å². The molecule has 1 heterocycles. The Morgan fingerprint density at radius 3 is 2.04 bits per heavy atom. The van der Waals surface area contributed by atoms with Gasteiger partial charge in [0.15, 0.2) is 6.04 Å². The number of benzene rings is 3. The van der Waals surface area contributed by atoms with E-state index in [0.29, 0.717) is 28.9 Å². The molecule has 1 amide bonds. The zero-order valence-electron chi connectivity index (χ0n) is 25.6. The normalized spacial score (nSPS) is 22.9. The number of alkyl halides is 2. The van der Waals surface area contributed by atoms with Crippen molar-refractivity contribution >= 4 is 27.5 Å². The van der Waals surface area contributed by atoms with Gasteiger partial charge in [0.2, 0.25) is 15.9 Å². The number of nitrogens with zero attached hydrogens (tertiary/aromatic N) is 1. The van der Waals surface area contributed by atoms with Gasteiger partial charge < -0.3 is 15.4 Å². The summed E-state index contributed by atoms with van der Waals surface area (Å²) in [5.41, 5.74) is 7.28. The van der Waals surface area contributed by atoms with Crippen molar-refractivity contribution in [3.63, 3.8) is 0 Å². The van der Waals surface area contributed by atoms with Gasteiger partial charge in [-0.05, 0) is 91.0 Å². The Morgan fingerprint density at radius 1 is 0.891 bits per heavy atom. The lowest BCUT2D eigenvalue weighted by atomic mass is 9.90. The fraction of sp³-hybridized carbons (Fsp3) is 0.457. The molecule has 11 heteroatoms. The number of rotatable bonds is 10. The lowest BCUT2D eigenvalue weighted by Crippen LogP contribution is -2.60. The summed E-state index contributed by atoms with van der Waals surface area (Å²) >= 11 is 5.99. The van der Waals surface area contributed by atoms with Gasteiger partial charge in [0.05, 0.1) is 11.5 Å². The molecule has 46 heavy (non-hydrogen) atoms. The van der Waals surface area contributed by atoms with Crippen LogP contribution in [-0.4, -0.2) is 51.0 Å². The van der Waals surface area contributed by atoms with E-state index in [0.717, 1.165) is 31.2 Å². The Morgan fingerprint density at radius 2 is 1.46 bits per heavy atom. The Kier molecular flexibility index (Phi) is 9.71. The van der Waals surface area contributed by atoms with Crippen LogP contribution >= 0.6 is 11.6 Å². The van der Waals surface area contributed by atoms with Crippen LogP contribution in [0.3, 0.4) is 0 Å². The maximum Gasteiger partial charge on any atom is 0.298 e. The molecular formula is C35H40ClF2N3O4S. The van der Waals surface area contributed by atoms with E-state index in [4.69, 9.17) is 22.1 Å². The predicted octanol–water partition coefficient (Wildman–Crippen LogP) is 6.60. The maximum atomic E-state index is 16.5. The first-order valence-corrected chi connectivity index (χ1v) is 17.9. The molecule has 2 saturated carbocycles. The van der Waals surface area contributed by atoms with Crippen LogP contribution in [0.15, 0.2) is 77.7 Å². The molecule has 1 unspecified atom stereocenters. The van der Waals surface area contributed by atoms with E-state index in [2.05, 4.69) is 4.72 Å². The number of piperidine rings is 1. The molecule has 6 rings (SSSR count). The number of halogens is 3. The number of likely N-dealkylation sites (tertiary alicyclic amines) is 1. The number of carbonyl (C=O) groups is 1. The Bertz CT molecular complexity index is 1600. The molecule has 2 aliphatic carbocycles. The highest BCUT2D eigenvalue weighted by atomic mass is 35.5. The maximum absolute atomic E-state index is 16.5. The monoisotopic (exact) mass is 671 g/mol. The van der Waals surface area contributed by atoms with E-state index in [9.17, 15) is 13.2 Å². The lowest BCUT2D eigenvalue weighted by Gasteiger charge is -2.39. The van der Waals surface area contributed by atoms with E-state index >= 15 is 8.78 Å². The summed E-state index contributed by atoms with van der Waals surface area (Å²) < 4.78 is 68.1. The first kappa shape index (κ1) is 32.9. The third-order valence-electron chi connectivity index (χ3n) is 9.89. The van der Waals surface area contributed by atoms with E-state index in [1.54, 1.807) is 24.3 Å². The number of hydrogen-bond donors (Lipinski definition) is 2. The molecule has 7 nitrogen and oxygen atoms in total. The van der Waals surface area contributed by atoms with Crippen molar-refractivity contribution in [1.82, 2.24) is 9.62 Å². The van der Waals surface area contributed by atoms with Crippen molar-refractivity contribution in [1.29, 1.82) is 0 Å². The molecule has 4 atom stereocenters. The minimum absolute atomic E-state index is 0.00612. The van der Waals surface area contributed by atoms with Gasteiger partial charge in [-0.1, -0.05) is 67.3 Å². The van der Waals surface area contributed by atoms with Gasteiger partial charge in [0.1, 0.15) is 5.75 Å². The van der Waals surface area contributed by atoms with E-state index in [1.807, 2.05) is 0 Å². The molecule has 0 aromatic heterocycles. The topological polar surface area (TPSA) is 102 Å². The average Bonchev–Trinajstić information content (AvgIpc) is 3.25. The third kappa shape index (κ3) is 7.10. The predicted molar refractivity (Wildman–Crippen MR) is 174 cm³/mol. The van der Waals surface area contributed by atoms with Crippen LogP contribution in [0.25, 0.3) is 11.1 Å². The molecule has 3 N–H and O–H groups in total. The lowest BCUT2D eigenvalue weighted by molar-refractivity contribution is -0.146. The number of fused-ring (bicyclic) bond motifs is 2. The van der Waals surface area contributed by atoms with Gasteiger partial charge in [-0.2, -0.15) is 13.5 Å². The van der Waals surface area contributed by atoms with E-state index in [1.165, 1.54) is 72.7 Å². The SMILES string of the molecule is NC1[C@@H]2CC[C@H]1CN(C(=O)[C@@H](NS(=O)(=O)c1ccc(OCC3CCCCC3)cc1)C(F)(F)c1ccc(-c3ccc(Cl)cc3)cc1)C2. The van der Waals surface area contributed by atoms with Gasteiger partial charge in [-0.3, -0.25) is 4.79 Å². The van der Waals surface area contributed by atoms with Crippen molar-refractivity contribution in [2.24, 2.45) is 23.5 Å². The van der Waals surface area contributed by atoms with Gasteiger partial charge >= 0.3 is 0 Å². The van der Waals surface area contributed by atoms with Gasteiger partial charge in [-0.25, -0.2) is 8.42 Å². The second-order valence-corrected chi connectivity index (χ2v) is 15.1. The first-order valence-electron chi connectivity index (χ1n) is 16.0. The number of sulfonamides is 1. The standard InChI is InChI=1S/C35H40ClF2N3O4S/c36-29-14-10-25(11-15-29)24-8-12-28(13-9-24)35(37,38)33(34(42)41-20-26-6-7-27(21-41)32(26)39)40-46(43,44)31-18-16-30(17-19-31)45-22-23-4-2-1-3-5-23/h8-19,23,26-27,32-33,40H,1-7,20-22,39H2/t26-,27+,32?,33-/m1/s1. The highest BCUT2D eigenvalue weighted by molar-refractivity contribution is 7.89. The van der Waals surface area contributed by atoms with Gasteiger partial charge in [0, 0.05) is 29.7 Å². The molecule has 1 saturated heterocycles. The highest BCUT2D eigenvalue weighted by Gasteiger charge is 2.52. The van der Waals surface area contributed by atoms with Crippen molar-refractivity contribution in [3.8, 4) is 16.9 Å². The summed E-state index contributed by atoms with van der Waals surface area (Å²) in [4.78, 5) is 15.0. The zero-order chi connectivity index (χ0) is 32.5. The molecule has 2 bridgehead atoms. The molecule has 3 aliphatic rings. The average molecular weight is 672 g/mol. The Labute approximate surface area is 274 Å². The van der Waals surface area contributed by atoms with Crippen LogP contribution in [0.2, 0.25) is 5.02 Å². The quantitative estimate of drug-likeness (QED) is 0.253. The van der Waals surface area contributed by atoms with Gasteiger partial charge in [0.25, 0.3) is 5.92 Å². The molecule has 3 aromatic carbocycles. The van der Waals surface area contributed by atoms with Crippen LogP contribution < -0.4 is 15.2 Å². The number of ether oxygens (including phenoxy) is 1. The molecule has 0 radical (unpaired) electrons. The number of amides is 1. The number of hydrogen-bond acceptors (Lipinski definition) is 5. The molecule has 246 valence electrons. The minimum Gasteiger partial charge on any atom is -0.493 e. The van der Waals surface area contributed by atoms with Crippen molar-refractivity contribution in [3.05, 3.63) is 83.4 Å². The van der Waals surface area contributed by atoms with E-state index < -0.39 is 33.5 Å². The number of carbonyl (C=O) groups excluding carboxylic acids is 1. The largest absolute Gasteiger partial charge is 0.493 e. The first-order chi connectivity index (χ1) is 22.0. The van der Waals surface area contributed by atoms with Crippen molar-refractivity contribution in [2.75, 3.05) is 19.7 Å². The molecule has 0 spiro atoms. The Hall–Kier alpha value is -3.05. The summed E-state index contributed by atoms with van der Waals surface area (Å²) in [7, 11) is -4.53. The number of nitrogens with two attached hydrogens (primary N) is 1. The summed E-state index contributed by atoms with van der Waals surface area (Å²) in [6.07, 6.45) is 7.43. The summed E-state index contributed by atoms with van der Waals surface area (Å²) in [6, 6.07) is 15.7. The van der Waals surface area contributed by atoms with Crippen LogP contribution in [0.4, 0.5) is 8.78 Å². The summed E-state index contributed by atoms with van der Waals surface area (Å²) in [6.45, 7) is 0.978. The summed E-state index contributed by atoms with van der Waals surface area (Å²) in [5, 5.41) is 0.550. The van der Waals surface area contributed by atoms with Crippen LogP contribution in [-0.2, 0) is 20.7 Å². The molecule has 3 aromatic rings. The second kappa shape index (κ2) is 13.6. The van der Waals surface area contributed by atoms with Crippen LogP contribution in [0.1, 0.15) is 50.5 Å². The fourth-order valence-electron chi connectivity index (χ4n) is 7.11. The number of nitrogens with one attached hydrogen (secondary N) is 1. The van der Waals surface area contributed by atoms with Crippen molar-refractivity contribution in [2.45, 2.75) is 67.8 Å². The fourth-order valence-corrected chi connectivity index (χ4v) is 8.42. The zero-order valence-corrected chi connectivity index (χ0v) is 27.2. The third-order valence-corrected chi connectivity index (χ3v) is 11.6. The molecule has 1 aliphatic heterocycles. The minimum atomic E-state index is -4.53. The highest BCUT2D eigenvalue weighted by Crippen LogP contribution is 2.39. The second-order valence-electron chi connectivity index (χ2n) is 13.0. The van der Waals surface area contributed by atoms with Crippen molar-refractivity contribution < 1.29 is 26.7 Å². The smallest absolute Gasteiger partial charge is 0.298 e. The molecular weight excluding hydrogens is 632 g/mol. The van der Waals surface area contributed by atoms with Crippen LogP contribution in [0.5, 0.6) is 5.75 Å². The molecule has 3 fully saturated rings. The summed E-state index contributed by atoms with van der Waals surface area (Å²) in [5.74, 6) is -3.88. The van der Waals surface area contributed by atoms with E-state index in [-0.39, 0.29) is 35.9 Å².